The van der Waals surface area contributed by atoms with E-state index in [9.17, 15) is 4.79 Å². The Bertz CT molecular complexity index is 123. The van der Waals surface area contributed by atoms with Crippen LogP contribution in [-0.2, 0) is 4.79 Å². The third-order valence-electron chi connectivity index (χ3n) is 1.88. The van der Waals surface area contributed by atoms with Crippen molar-refractivity contribution >= 4 is 5.91 Å². The Morgan fingerprint density at radius 2 is 2.09 bits per heavy atom. The lowest BCUT2D eigenvalue weighted by molar-refractivity contribution is -0.118. The van der Waals surface area contributed by atoms with Crippen molar-refractivity contribution in [2.24, 2.45) is 11.7 Å². The topological polar surface area (TPSA) is 55.1 Å². The number of hydrogen-bond acceptors (Lipinski definition) is 2. The molecule has 0 rings (SSSR count). The summed E-state index contributed by atoms with van der Waals surface area (Å²) in [7, 11) is 1.91. The maximum Gasteiger partial charge on any atom is 0.217 e. The summed E-state index contributed by atoms with van der Waals surface area (Å²) < 4.78 is 0. The first-order valence-corrected chi connectivity index (χ1v) is 4.03. The molecule has 0 saturated carbocycles. The fourth-order valence-electron chi connectivity index (χ4n) is 1.11. The Labute approximate surface area is 68.3 Å². The molecule has 0 aliphatic heterocycles. The molecule has 0 aliphatic carbocycles. The number of carbonyl (C=O) groups is 1. The van der Waals surface area contributed by atoms with Crippen molar-refractivity contribution in [3.8, 4) is 0 Å². The highest BCUT2D eigenvalue weighted by molar-refractivity contribution is 5.73. The van der Waals surface area contributed by atoms with E-state index < -0.39 is 0 Å². The molecule has 0 radical (unpaired) electrons. The zero-order valence-corrected chi connectivity index (χ0v) is 7.55. The second kappa shape index (κ2) is 5.13. The molecule has 3 nitrogen and oxygen atoms in total. The fraction of sp³-hybridized carbons (Fsp3) is 0.875. The lowest BCUT2D eigenvalue weighted by Crippen LogP contribution is -2.31. The Kier molecular flexibility index (Phi) is 4.86. The highest BCUT2D eigenvalue weighted by Gasteiger charge is 2.10. The van der Waals surface area contributed by atoms with Gasteiger partial charge in [0.05, 0.1) is 0 Å². The van der Waals surface area contributed by atoms with E-state index in [-0.39, 0.29) is 5.91 Å². The maximum absolute atomic E-state index is 10.4. The van der Waals surface area contributed by atoms with Crippen molar-refractivity contribution in [1.29, 1.82) is 0 Å². The predicted octanol–water partition coefficient (Wildman–Crippen LogP) is 0.496. The molecule has 0 heterocycles. The number of carbonyl (C=O) groups excluding carboxylic acids is 1. The molecule has 3 heteroatoms. The Morgan fingerprint density at radius 1 is 1.55 bits per heavy atom. The van der Waals surface area contributed by atoms with E-state index in [1.807, 2.05) is 7.05 Å². The van der Waals surface area contributed by atoms with Crippen LogP contribution >= 0.6 is 0 Å². The van der Waals surface area contributed by atoms with Crippen molar-refractivity contribution < 1.29 is 4.79 Å². The van der Waals surface area contributed by atoms with Crippen LogP contribution in [0.5, 0.6) is 0 Å². The smallest absolute Gasteiger partial charge is 0.217 e. The molecular weight excluding hydrogens is 140 g/mol. The van der Waals surface area contributed by atoms with Crippen LogP contribution in [0.3, 0.4) is 0 Å². The monoisotopic (exact) mass is 158 g/mol. The molecule has 1 amide bonds. The van der Waals surface area contributed by atoms with Gasteiger partial charge < -0.3 is 11.1 Å². The molecule has 0 aliphatic rings. The van der Waals surface area contributed by atoms with Gasteiger partial charge in [-0.15, -0.1) is 0 Å². The first-order valence-electron chi connectivity index (χ1n) is 4.03. The third kappa shape index (κ3) is 4.79. The van der Waals surface area contributed by atoms with Gasteiger partial charge in [0.1, 0.15) is 0 Å². The average molecular weight is 158 g/mol. The molecule has 0 spiro atoms. The summed E-state index contributed by atoms with van der Waals surface area (Å²) >= 11 is 0. The molecular formula is C8H18N2O. The molecule has 66 valence electrons. The number of rotatable bonds is 5. The Hall–Kier alpha value is -0.570. The highest BCUT2D eigenvalue weighted by atomic mass is 16.1. The van der Waals surface area contributed by atoms with Crippen LogP contribution in [0.25, 0.3) is 0 Å². The Morgan fingerprint density at radius 3 is 2.36 bits per heavy atom. The molecule has 0 aromatic carbocycles. The van der Waals surface area contributed by atoms with E-state index in [1.165, 1.54) is 0 Å². The molecule has 1 unspecified atom stereocenters. The van der Waals surface area contributed by atoms with Gasteiger partial charge in [-0.05, 0) is 19.4 Å². The van der Waals surface area contributed by atoms with Crippen LogP contribution in [0.15, 0.2) is 0 Å². The number of amides is 1. The number of nitrogens with two attached hydrogens (primary N) is 1. The SMILES string of the molecule is CNC(CCC(N)=O)C(C)C. The van der Waals surface area contributed by atoms with Gasteiger partial charge >= 0.3 is 0 Å². The lowest BCUT2D eigenvalue weighted by Gasteiger charge is -2.18. The summed E-state index contributed by atoms with van der Waals surface area (Å²) in [5, 5.41) is 3.15. The summed E-state index contributed by atoms with van der Waals surface area (Å²) in [6.45, 7) is 4.25. The van der Waals surface area contributed by atoms with E-state index in [1.54, 1.807) is 0 Å². The van der Waals surface area contributed by atoms with Crippen LogP contribution in [0.1, 0.15) is 26.7 Å². The summed E-state index contributed by atoms with van der Waals surface area (Å²) in [4.78, 5) is 10.4. The van der Waals surface area contributed by atoms with Gasteiger partial charge in [-0.3, -0.25) is 4.79 Å². The number of nitrogens with one attached hydrogen (secondary N) is 1. The zero-order chi connectivity index (χ0) is 8.85. The first-order chi connectivity index (χ1) is 5.07. The van der Waals surface area contributed by atoms with Gasteiger partial charge in [-0.25, -0.2) is 0 Å². The minimum absolute atomic E-state index is 0.217. The molecule has 0 aromatic rings. The molecule has 0 aromatic heterocycles. The largest absolute Gasteiger partial charge is 0.370 e. The molecule has 0 fully saturated rings. The van der Waals surface area contributed by atoms with Gasteiger partial charge in [0.2, 0.25) is 5.91 Å². The summed E-state index contributed by atoms with van der Waals surface area (Å²) in [5.74, 6) is 0.338. The molecule has 0 saturated heterocycles. The standard InChI is InChI=1S/C8H18N2O/c1-6(2)7(10-3)4-5-8(9)11/h6-7,10H,4-5H2,1-3H3,(H2,9,11). The quantitative estimate of drug-likeness (QED) is 0.612. The second-order valence-corrected chi connectivity index (χ2v) is 3.14. The number of hydrogen-bond donors (Lipinski definition) is 2. The summed E-state index contributed by atoms with van der Waals surface area (Å²) in [6, 6.07) is 0.405. The van der Waals surface area contributed by atoms with Gasteiger partial charge in [0, 0.05) is 12.5 Å². The van der Waals surface area contributed by atoms with Crippen molar-refractivity contribution in [3.05, 3.63) is 0 Å². The minimum Gasteiger partial charge on any atom is -0.370 e. The van der Waals surface area contributed by atoms with Crippen molar-refractivity contribution in [2.75, 3.05) is 7.05 Å². The molecule has 3 N–H and O–H groups in total. The fourth-order valence-corrected chi connectivity index (χ4v) is 1.11. The van der Waals surface area contributed by atoms with Crippen molar-refractivity contribution in [2.45, 2.75) is 32.7 Å². The summed E-state index contributed by atoms with van der Waals surface area (Å²) in [6.07, 6.45) is 1.31. The van der Waals surface area contributed by atoms with E-state index in [0.29, 0.717) is 18.4 Å². The van der Waals surface area contributed by atoms with E-state index >= 15 is 0 Å². The van der Waals surface area contributed by atoms with Crippen LogP contribution in [0.4, 0.5) is 0 Å². The van der Waals surface area contributed by atoms with Crippen LogP contribution < -0.4 is 11.1 Å². The van der Waals surface area contributed by atoms with Gasteiger partial charge in [0.15, 0.2) is 0 Å². The minimum atomic E-state index is -0.217. The van der Waals surface area contributed by atoms with E-state index in [4.69, 9.17) is 5.73 Å². The zero-order valence-electron chi connectivity index (χ0n) is 7.55. The first kappa shape index (κ1) is 10.4. The van der Waals surface area contributed by atoms with Crippen molar-refractivity contribution in [3.63, 3.8) is 0 Å². The predicted molar refractivity (Wildman–Crippen MR) is 46.1 cm³/mol. The van der Waals surface area contributed by atoms with E-state index in [0.717, 1.165) is 6.42 Å². The number of primary amides is 1. The van der Waals surface area contributed by atoms with Crippen LogP contribution in [0.2, 0.25) is 0 Å². The van der Waals surface area contributed by atoms with Crippen LogP contribution in [-0.4, -0.2) is 19.0 Å². The highest BCUT2D eigenvalue weighted by Crippen LogP contribution is 2.06. The molecule has 0 bridgehead atoms. The average Bonchev–Trinajstić information content (AvgIpc) is 1.87. The third-order valence-corrected chi connectivity index (χ3v) is 1.88. The van der Waals surface area contributed by atoms with E-state index in [2.05, 4.69) is 19.2 Å². The van der Waals surface area contributed by atoms with Gasteiger partial charge in [0.25, 0.3) is 0 Å². The Balaban J connectivity index is 3.61. The summed E-state index contributed by atoms with van der Waals surface area (Å²) in [5.41, 5.74) is 5.03. The second-order valence-electron chi connectivity index (χ2n) is 3.14. The van der Waals surface area contributed by atoms with Gasteiger partial charge in [-0.2, -0.15) is 0 Å². The van der Waals surface area contributed by atoms with Crippen LogP contribution in [0, 0.1) is 5.92 Å². The normalized spacial score (nSPS) is 13.5. The van der Waals surface area contributed by atoms with Gasteiger partial charge in [-0.1, -0.05) is 13.8 Å². The molecule has 1 atom stereocenters. The maximum atomic E-state index is 10.4. The lowest BCUT2D eigenvalue weighted by atomic mass is 9.99. The van der Waals surface area contributed by atoms with Crippen molar-refractivity contribution in [1.82, 2.24) is 5.32 Å². The molecule has 11 heavy (non-hydrogen) atoms.